The van der Waals surface area contributed by atoms with Crippen LogP contribution in [0.3, 0.4) is 0 Å². The average molecular weight is 348 g/mol. The summed E-state index contributed by atoms with van der Waals surface area (Å²) in [5.41, 5.74) is 0. The quantitative estimate of drug-likeness (QED) is 0.821. The normalized spacial score (nSPS) is 27.0. The minimum absolute atomic E-state index is 0. The Hall–Kier alpha value is -0.460. The number of likely N-dealkylation sites (tertiary alicyclic amines) is 1. The summed E-state index contributed by atoms with van der Waals surface area (Å²) in [6, 6.07) is -0.198. The highest BCUT2D eigenvalue weighted by atomic mass is 35.5. The number of amides is 2. The van der Waals surface area contributed by atoms with E-state index in [0.717, 1.165) is 57.1 Å². The molecular formula is C15H26ClN3O2S. The maximum Gasteiger partial charge on any atom is 0.245 e. The van der Waals surface area contributed by atoms with Crippen LogP contribution >= 0.6 is 24.2 Å². The van der Waals surface area contributed by atoms with Crippen molar-refractivity contribution in [3.05, 3.63) is 0 Å². The van der Waals surface area contributed by atoms with E-state index in [-0.39, 0.29) is 36.2 Å². The Morgan fingerprint density at radius 3 is 2.45 bits per heavy atom. The fraction of sp³-hybridized carbons (Fsp3) is 0.867. The molecule has 0 radical (unpaired) electrons. The van der Waals surface area contributed by atoms with Crippen LogP contribution in [0.4, 0.5) is 0 Å². The zero-order chi connectivity index (χ0) is 14.8. The van der Waals surface area contributed by atoms with Crippen molar-refractivity contribution in [3.8, 4) is 0 Å². The van der Waals surface area contributed by atoms with Gasteiger partial charge < -0.3 is 15.1 Å². The highest BCUT2D eigenvalue weighted by molar-refractivity contribution is 7.99. The average Bonchev–Trinajstić information content (AvgIpc) is 2.94. The summed E-state index contributed by atoms with van der Waals surface area (Å²) in [4.78, 5) is 29.2. The van der Waals surface area contributed by atoms with Gasteiger partial charge in [-0.1, -0.05) is 6.92 Å². The third kappa shape index (κ3) is 3.54. The van der Waals surface area contributed by atoms with Gasteiger partial charge in [0.2, 0.25) is 11.8 Å². The maximum absolute atomic E-state index is 12.7. The number of nitrogens with zero attached hydrogens (tertiary/aromatic N) is 2. The van der Waals surface area contributed by atoms with E-state index in [1.54, 1.807) is 0 Å². The largest absolute Gasteiger partial charge is 0.339 e. The first-order valence-corrected chi connectivity index (χ1v) is 9.21. The summed E-state index contributed by atoms with van der Waals surface area (Å²) in [7, 11) is 0. The summed E-state index contributed by atoms with van der Waals surface area (Å²) < 4.78 is 0. The molecule has 0 saturated carbocycles. The van der Waals surface area contributed by atoms with Gasteiger partial charge in [-0.2, -0.15) is 11.8 Å². The number of hydrogen-bond donors (Lipinski definition) is 1. The van der Waals surface area contributed by atoms with Crippen LogP contribution in [0.2, 0.25) is 0 Å². The molecule has 0 aromatic heterocycles. The van der Waals surface area contributed by atoms with Crippen LogP contribution in [0.25, 0.3) is 0 Å². The second-order valence-electron chi connectivity index (χ2n) is 6.33. The second kappa shape index (κ2) is 7.88. The van der Waals surface area contributed by atoms with Crippen molar-refractivity contribution >= 4 is 36.0 Å². The van der Waals surface area contributed by atoms with E-state index < -0.39 is 0 Å². The van der Waals surface area contributed by atoms with Crippen molar-refractivity contribution in [3.63, 3.8) is 0 Å². The van der Waals surface area contributed by atoms with Gasteiger partial charge in [0, 0.05) is 37.1 Å². The molecule has 0 aromatic carbocycles. The predicted octanol–water partition coefficient (Wildman–Crippen LogP) is 0.830. The summed E-state index contributed by atoms with van der Waals surface area (Å²) in [5.74, 6) is 2.90. The Labute approximate surface area is 142 Å². The van der Waals surface area contributed by atoms with Crippen LogP contribution in [0.1, 0.15) is 19.8 Å². The van der Waals surface area contributed by atoms with E-state index in [2.05, 4.69) is 5.32 Å². The van der Waals surface area contributed by atoms with Crippen molar-refractivity contribution in [2.24, 2.45) is 11.8 Å². The van der Waals surface area contributed by atoms with E-state index >= 15 is 0 Å². The molecule has 3 saturated heterocycles. The van der Waals surface area contributed by atoms with Gasteiger partial charge in [0.25, 0.3) is 0 Å². The fourth-order valence-corrected chi connectivity index (χ4v) is 4.31. The van der Waals surface area contributed by atoms with Crippen LogP contribution in [0, 0.1) is 11.8 Å². The van der Waals surface area contributed by atoms with Gasteiger partial charge in [-0.25, -0.2) is 0 Å². The van der Waals surface area contributed by atoms with Gasteiger partial charge in [0.1, 0.15) is 6.04 Å². The maximum atomic E-state index is 12.7. The Balaban J connectivity index is 0.00000176. The van der Waals surface area contributed by atoms with Crippen molar-refractivity contribution in [1.82, 2.24) is 15.1 Å². The molecule has 1 N–H and O–H groups in total. The number of halogens is 1. The summed E-state index contributed by atoms with van der Waals surface area (Å²) in [5, 5.41) is 3.23. The molecule has 0 spiro atoms. The molecule has 3 aliphatic rings. The van der Waals surface area contributed by atoms with Gasteiger partial charge in [0.05, 0.1) is 0 Å². The summed E-state index contributed by atoms with van der Waals surface area (Å²) in [6.07, 6.45) is 1.80. The molecule has 3 fully saturated rings. The lowest BCUT2D eigenvalue weighted by Crippen LogP contribution is -2.54. The van der Waals surface area contributed by atoms with E-state index in [4.69, 9.17) is 0 Å². The molecule has 3 aliphatic heterocycles. The highest BCUT2D eigenvalue weighted by Gasteiger charge is 2.40. The smallest absolute Gasteiger partial charge is 0.245 e. The molecule has 5 nitrogen and oxygen atoms in total. The van der Waals surface area contributed by atoms with Crippen molar-refractivity contribution in [2.45, 2.75) is 25.8 Å². The van der Waals surface area contributed by atoms with E-state index in [0.29, 0.717) is 5.92 Å². The summed E-state index contributed by atoms with van der Waals surface area (Å²) >= 11 is 1.90. The van der Waals surface area contributed by atoms with Gasteiger partial charge in [-0.3, -0.25) is 9.59 Å². The van der Waals surface area contributed by atoms with E-state index in [9.17, 15) is 9.59 Å². The summed E-state index contributed by atoms with van der Waals surface area (Å²) in [6.45, 7) is 6.31. The lowest BCUT2D eigenvalue weighted by molar-refractivity contribution is -0.147. The zero-order valence-electron chi connectivity index (χ0n) is 13.1. The third-order valence-corrected chi connectivity index (χ3v) is 6.00. The Bertz CT molecular complexity index is 394. The van der Waals surface area contributed by atoms with E-state index in [1.165, 1.54) is 0 Å². The molecule has 0 aromatic rings. The number of carbonyl (C=O) groups is 2. The van der Waals surface area contributed by atoms with Crippen LogP contribution < -0.4 is 5.32 Å². The minimum Gasteiger partial charge on any atom is -0.339 e. The topological polar surface area (TPSA) is 52.7 Å². The van der Waals surface area contributed by atoms with Gasteiger partial charge in [-0.05, 0) is 31.8 Å². The lowest BCUT2D eigenvalue weighted by atomic mass is 9.87. The van der Waals surface area contributed by atoms with Gasteiger partial charge in [0.15, 0.2) is 0 Å². The molecule has 2 atom stereocenters. The van der Waals surface area contributed by atoms with Gasteiger partial charge >= 0.3 is 0 Å². The van der Waals surface area contributed by atoms with Gasteiger partial charge in [-0.15, -0.1) is 12.4 Å². The molecule has 126 valence electrons. The fourth-order valence-electron chi connectivity index (χ4n) is 3.41. The molecule has 22 heavy (non-hydrogen) atoms. The van der Waals surface area contributed by atoms with Crippen molar-refractivity contribution in [2.75, 3.05) is 44.2 Å². The predicted molar refractivity (Wildman–Crippen MR) is 91.4 cm³/mol. The molecule has 0 bridgehead atoms. The van der Waals surface area contributed by atoms with Crippen molar-refractivity contribution < 1.29 is 9.59 Å². The molecule has 0 aliphatic carbocycles. The highest BCUT2D eigenvalue weighted by Crippen LogP contribution is 2.26. The monoisotopic (exact) mass is 347 g/mol. The number of nitrogens with one attached hydrogen (secondary N) is 1. The first-order valence-electron chi connectivity index (χ1n) is 8.06. The SMILES string of the molecule is CC(C(=O)N1CCCC1C(=O)N1CCSCC1)C1CNC1.Cl. The zero-order valence-corrected chi connectivity index (χ0v) is 14.8. The Kier molecular flexibility index (Phi) is 6.41. The van der Waals surface area contributed by atoms with Crippen LogP contribution in [0.15, 0.2) is 0 Å². The number of rotatable bonds is 3. The number of carbonyl (C=O) groups excluding carboxylic acids is 2. The lowest BCUT2D eigenvalue weighted by Gasteiger charge is -2.37. The molecule has 2 amide bonds. The molecule has 7 heteroatoms. The van der Waals surface area contributed by atoms with E-state index in [1.807, 2.05) is 28.5 Å². The van der Waals surface area contributed by atoms with Crippen LogP contribution in [-0.2, 0) is 9.59 Å². The molecule has 3 rings (SSSR count). The van der Waals surface area contributed by atoms with Crippen LogP contribution in [-0.4, -0.2) is 71.9 Å². The van der Waals surface area contributed by atoms with Crippen LogP contribution in [0.5, 0.6) is 0 Å². The minimum atomic E-state index is -0.198. The first-order chi connectivity index (χ1) is 10.2. The second-order valence-corrected chi connectivity index (χ2v) is 7.56. The standard InChI is InChI=1S/C15H25N3O2S.ClH/c1-11(12-9-16-10-12)14(19)18-4-2-3-13(18)15(20)17-5-7-21-8-6-17;/h11-13,16H,2-10H2,1H3;1H. The number of hydrogen-bond acceptors (Lipinski definition) is 4. The molecule has 2 unspecified atom stereocenters. The first kappa shape index (κ1) is 17.9. The molecule has 3 heterocycles. The Morgan fingerprint density at radius 2 is 1.86 bits per heavy atom. The number of thioether (sulfide) groups is 1. The molecular weight excluding hydrogens is 322 g/mol. The van der Waals surface area contributed by atoms with Crippen molar-refractivity contribution in [1.29, 1.82) is 0 Å². The Morgan fingerprint density at radius 1 is 1.18 bits per heavy atom. The third-order valence-electron chi connectivity index (χ3n) is 5.05.